The minimum atomic E-state index is -0.443. The van der Waals surface area contributed by atoms with E-state index in [1.807, 2.05) is 0 Å². The molecular formula is C27H30O5. The van der Waals surface area contributed by atoms with Crippen molar-refractivity contribution >= 4 is 23.8 Å². The summed E-state index contributed by atoms with van der Waals surface area (Å²) in [4.78, 5) is 49.9. The van der Waals surface area contributed by atoms with Gasteiger partial charge in [-0.3, -0.25) is 19.2 Å². The summed E-state index contributed by atoms with van der Waals surface area (Å²) in [6.45, 7) is 2.14. The first-order chi connectivity index (χ1) is 15.5. The smallest absolute Gasteiger partial charge is 0.314 e. The van der Waals surface area contributed by atoms with E-state index in [4.69, 9.17) is 4.74 Å². The van der Waals surface area contributed by atoms with Gasteiger partial charge in [-0.15, -0.1) is 0 Å². The van der Waals surface area contributed by atoms with E-state index in [2.05, 4.69) is 6.92 Å². The van der Waals surface area contributed by atoms with Gasteiger partial charge in [-0.1, -0.05) is 63.3 Å². The molecule has 0 bridgehead atoms. The van der Waals surface area contributed by atoms with Gasteiger partial charge in [-0.05, 0) is 37.5 Å². The fourth-order valence-corrected chi connectivity index (χ4v) is 3.79. The minimum absolute atomic E-state index is 0.0453. The minimum Gasteiger partial charge on any atom is -0.426 e. The predicted octanol–water partition coefficient (Wildman–Crippen LogP) is 5.98. The summed E-state index contributed by atoms with van der Waals surface area (Å²) in [7, 11) is 0. The van der Waals surface area contributed by atoms with Crippen molar-refractivity contribution < 1.29 is 23.9 Å². The number of ether oxygens (including phenoxy) is 1. The number of rotatable bonds is 12. The van der Waals surface area contributed by atoms with Gasteiger partial charge in [0.15, 0.2) is 17.9 Å². The molecule has 0 atom stereocenters. The molecular weight excluding hydrogens is 404 g/mol. The summed E-state index contributed by atoms with van der Waals surface area (Å²) >= 11 is 0. The second kappa shape index (κ2) is 11.5. The Balaban J connectivity index is 1.86. The number of hydrogen-bond acceptors (Lipinski definition) is 5. The van der Waals surface area contributed by atoms with E-state index >= 15 is 0 Å². The first kappa shape index (κ1) is 23.6. The molecule has 1 aliphatic carbocycles. The van der Waals surface area contributed by atoms with E-state index in [1.54, 1.807) is 30.3 Å². The molecule has 0 radical (unpaired) electrons. The van der Waals surface area contributed by atoms with Crippen LogP contribution in [0.25, 0.3) is 0 Å². The summed E-state index contributed by atoms with van der Waals surface area (Å²) in [5.41, 5.74) is 1.01. The fourth-order valence-electron chi connectivity index (χ4n) is 3.79. The lowest BCUT2D eigenvalue weighted by atomic mass is 9.85. The Labute approximate surface area is 189 Å². The van der Waals surface area contributed by atoms with Crippen molar-refractivity contribution in [3.05, 3.63) is 64.7 Å². The quantitative estimate of drug-likeness (QED) is 0.135. The van der Waals surface area contributed by atoms with Crippen LogP contribution in [0.15, 0.2) is 42.5 Å². The van der Waals surface area contributed by atoms with Crippen molar-refractivity contribution in [1.82, 2.24) is 0 Å². The summed E-state index contributed by atoms with van der Waals surface area (Å²) in [6, 6.07) is 11.1. The van der Waals surface area contributed by atoms with Crippen LogP contribution in [-0.4, -0.2) is 23.8 Å². The van der Waals surface area contributed by atoms with Crippen LogP contribution in [-0.2, 0) is 4.79 Å². The van der Waals surface area contributed by atoms with E-state index in [1.165, 1.54) is 12.1 Å². The van der Waals surface area contributed by atoms with Gasteiger partial charge in [0.25, 0.3) is 0 Å². The third kappa shape index (κ3) is 5.78. The van der Waals surface area contributed by atoms with Gasteiger partial charge in [-0.25, -0.2) is 0 Å². The Bertz CT molecular complexity index is 987. The van der Waals surface area contributed by atoms with Crippen molar-refractivity contribution in [1.29, 1.82) is 0 Å². The summed E-state index contributed by atoms with van der Waals surface area (Å²) in [5, 5.41) is 0. The van der Waals surface area contributed by atoms with Gasteiger partial charge in [0, 0.05) is 23.1 Å². The van der Waals surface area contributed by atoms with E-state index in [0.717, 1.165) is 51.4 Å². The van der Waals surface area contributed by atoms with Gasteiger partial charge in [-0.2, -0.15) is 0 Å². The molecule has 0 spiro atoms. The maximum Gasteiger partial charge on any atom is 0.314 e. The Kier molecular flexibility index (Phi) is 8.48. The molecule has 0 unspecified atom stereocenters. The normalized spacial score (nSPS) is 13.3. The van der Waals surface area contributed by atoms with Crippen LogP contribution in [0.5, 0.6) is 5.75 Å². The monoisotopic (exact) mass is 434 g/mol. The van der Waals surface area contributed by atoms with Crippen LogP contribution in [0.1, 0.15) is 101 Å². The fraction of sp³-hybridized carbons (Fsp3) is 0.407. The van der Waals surface area contributed by atoms with Crippen LogP contribution in [0, 0.1) is 5.92 Å². The zero-order chi connectivity index (χ0) is 22.9. The predicted molar refractivity (Wildman–Crippen MR) is 122 cm³/mol. The highest BCUT2D eigenvalue weighted by Crippen LogP contribution is 2.31. The molecule has 5 heteroatoms. The van der Waals surface area contributed by atoms with Crippen molar-refractivity contribution in [2.75, 3.05) is 0 Å². The van der Waals surface area contributed by atoms with Crippen LogP contribution < -0.4 is 4.74 Å². The van der Waals surface area contributed by atoms with E-state index in [-0.39, 0.29) is 40.1 Å². The number of unbranched alkanes of at least 4 members (excludes halogenated alkanes) is 4. The molecule has 1 saturated carbocycles. The largest absolute Gasteiger partial charge is 0.426 e. The molecule has 1 aliphatic rings. The average molecular weight is 435 g/mol. The SMILES string of the molecule is CCCCCCCC(=O)c1ccc(OC(=O)C2CCC2)c(C(=O)c2ccccc2C=O)c1. The summed E-state index contributed by atoms with van der Waals surface area (Å²) < 4.78 is 5.57. The molecule has 32 heavy (non-hydrogen) atoms. The van der Waals surface area contributed by atoms with Crippen LogP contribution in [0.4, 0.5) is 0 Å². The Morgan fingerprint density at radius 2 is 1.72 bits per heavy atom. The van der Waals surface area contributed by atoms with Gasteiger partial charge >= 0.3 is 5.97 Å². The molecule has 0 N–H and O–H groups in total. The molecule has 168 valence electrons. The molecule has 0 aromatic heterocycles. The standard InChI is InChI=1S/C27H30O5/c1-2-3-4-5-6-14-24(29)20-15-16-25(32-27(31)19-11-9-12-19)23(17-20)26(30)22-13-8-7-10-21(22)18-28/h7-8,10,13,15-19H,2-6,9,11-12,14H2,1H3. The molecule has 2 aromatic carbocycles. The van der Waals surface area contributed by atoms with Crippen LogP contribution >= 0.6 is 0 Å². The zero-order valence-corrected chi connectivity index (χ0v) is 18.6. The lowest BCUT2D eigenvalue weighted by Crippen LogP contribution is -2.27. The van der Waals surface area contributed by atoms with Crippen molar-refractivity contribution in [2.45, 2.75) is 64.7 Å². The maximum atomic E-state index is 13.3. The first-order valence-corrected chi connectivity index (χ1v) is 11.5. The van der Waals surface area contributed by atoms with Crippen LogP contribution in [0.2, 0.25) is 0 Å². The van der Waals surface area contributed by atoms with Crippen molar-refractivity contribution in [2.24, 2.45) is 5.92 Å². The third-order valence-electron chi connectivity index (χ3n) is 6.03. The average Bonchev–Trinajstić information content (AvgIpc) is 2.77. The highest BCUT2D eigenvalue weighted by Gasteiger charge is 2.29. The maximum absolute atomic E-state index is 13.3. The second-order valence-corrected chi connectivity index (χ2v) is 8.38. The number of aldehydes is 1. The van der Waals surface area contributed by atoms with E-state index < -0.39 is 5.78 Å². The summed E-state index contributed by atoms with van der Waals surface area (Å²) in [6.07, 6.45) is 8.78. The molecule has 3 rings (SSSR count). The van der Waals surface area contributed by atoms with Crippen molar-refractivity contribution in [3.63, 3.8) is 0 Å². The highest BCUT2D eigenvalue weighted by atomic mass is 16.5. The lowest BCUT2D eigenvalue weighted by Gasteiger charge is -2.23. The van der Waals surface area contributed by atoms with Gasteiger partial charge < -0.3 is 4.74 Å². The number of esters is 1. The Morgan fingerprint density at radius 3 is 2.41 bits per heavy atom. The molecule has 0 heterocycles. The molecule has 5 nitrogen and oxygen atoms in total. The number of ketones is 2. The number of carbonyl (C=O) groups is 4. The Morgan fingerprint density at radius 1 is 0.969 bits per heavy atom. The molecule has 0 aliphatic heterocycles. The zero-order valence-electron chi connectivity index (χ0n) is 18.6. The van der Waals surface area contributed by atoms with Gasteiger partial charge in [0.05, 0.1) is 11.5 Å². The number of benzene rings is 2. The molecule has 0 amide bonds. The number of Topliss-reactive ketones (excluding diaryl/α,β-unsaturated/α-hetero) is 1. The lowest BCUT2D eigenvalue weighted by molar-refractivity contribution is -0.141. The molecule has 0 saturated heterocycles. The van der Waals surface area contributed by atoms with Crippen molar-refractivity contribution in [3.8, 4) is 5.75 Å². The summed E-state index contributed by atoms with van der Waals surface area (Å²) in [5.74, 6) is -0.862. The van der Waals surface area contributed by atoms with E-state index in [0.29, 0.717) is 18.3 Å². The topological polar surface area (TPSA) is 77.5 Å². The van der Waals surface area contributed by atoms with Gasteiger partial charge in [0.1, 0.15) is 5.75 Å². The highest BCUT2D eigenvalue weighted by molar-refractivity contribution is 6.15. The Hall–Kier alpha value is -3.08. The molecule has 1 fully saturated rings. The third-order valence-corrected chi connectivity index (χ3v) is 6.03. The number of carbonyl (C=O) groups excluding carboxylic acids is 4. The first-order valence-electron chi connectivity index (χ1n) is 11.5. The number of hydrogen-bond donors (Lipinski definition) is 0. The molecule has 2 aromatic rings. The second-order valence-electron chi connectivity index (χ2n) is 8.38. The van der Waals surface area contributed by atoms with Gasteiger partial charge in [0.2, 0.25) is 0 Å². The van der Waals surface area contributed by atoms with Crippen LogP contribution in [0.3, 0.4) is 0 Å². The van der Waals surface area contributed by atoms with E-state index in [9.17, 15) is 19.2 Å².